The van der Waals surface area contributed by atoms with Crippen LogP contribution in [-0.4, -0.2) is 27.5 Å². The van der Waals surface area contributed by atoms with Gasteiger partial charge in [-0.2, -0.15) is 0 Å². The molecule has 150 valence electrons. The number of nitro groups is 1. The standard InChI is InChI=1S/C19H18N4O5S/c1-10-15-18(21-14-5-3-4-8-22(14)19(15)25)29-16(10)17(24)20-12-9-11(23(26)27)6-7-13(12)28-2/h6-7,9H,3-5,8H2,1-2H3,(H,20,24). The molecule has 29 heavy (non-hydrogen) atoms. The van der Waals surface area contributed by atoms with Crippen LogP contribution < -0.4 is 15.6 Å². The predicted octanol–water partition coefficient (Wildman–Crippen LogP) is 3.27. The minimum atomic E-state index is -0.546. The first kappa shape index (κ1) is 19.1. The van der Waals surface area contributed by atoms with Gasteiger partial charge in [-0.25, -0.2) is 4.98 Å². The van der Waals surface area contributed by atoms with E-state index in [0.29, 0.717) is 33.0 Å². The summed E-state index contributed by atoms with van der Waals surface area (Å²) in [6.45, 7) is 2.36. The first-order chi connectivity index (χ1) is 13.9. The Labute approximate surface area is 169 Å². The summed E-state index contributed by atoms with van der Waals surface area (Å²) in [5.41, 5.74) is 0.463. The minimum absolute atomic E-state index is 0.120. The molecule has 0 atom stereocenters. The molecule has 3 aromatic rings. The third-order valence-electron chi connectivity index (χ3n) is 5.01. The Balaban J connectivity index is 1.76. The van der Waals surface area contributed by atoms with Crippen molar-refractivity contribution in [2.24, 2.45) is 0 Å². The lowest BCUT2D eigenvalue weighted by atomic mass is 10.1. The summed E-state index contributed by atoms with van der Waals surface area (Å²) >= 11 is 1.15. The fraction of sp³-hybridized carbons (Fsp3) is 0.316. The topological polar surface area (TPSA) is 116 Å². The number of thiophene rings is 1. The molecule has 0 aliphatic carbocycles. The number of benzene rings is 1. The maximum absolute atomic E-state index is 12.9. The molecule has 0 saturated heterocycles. The molecule has 0 fully saturated rings. The molecule has 1 aliphatic rings. The number of anilines is 1. The van der Waals surface area contributed by atoms with Gasteiger partial charge < -0.3 is 10.1 Å². The molecule has 2 aromatic heterocycles. The maximum Gasteiger partial charge on any atom is 0.271 e. The number of aryl methyl sites for hydroxylation is 2. The lowest BCUT2D eigenvalue weighted by Gasteiger charge is -2.16. The zero-order chi connectivity index (χ0) is 20.7. The van der Waals surface area contributed by atoms with Crippen molar-refractivity contribution >= 4 is 38.8 Å². The van der Waals surface area contributed by atoms with E-state index < -0.39 is 10.8 Å². The SMILES string of the molecule is COc1ccc([N+](=O)[O-])cc1NC(=O)c1sc2nc3n(c(=O)c2c1C)CCCC3. The van der Waals surface area contributed by atoms with Crippen molar-refractivity contribution < 1.29 is 14.5 Å². The molecule has 1 aliphatic heterocycles. The van der Waals surface area contributed by atoms with Crippen molar-refractivity contribution in [3.63, 3.8) is 0 Å². The molecular weight excluding hydrogens is 396 g/mol. The van der Waals surface area contributed by atoms with E-state index in [1.54, 1.807) is 11.5 Å². The van der Waals surface area contributed by atoms with Gasteiger partial charge in [-0.15, -0.1) is 11.3 Å². The molecule has 0 radical (unpaired) electrons. The molecule has 1 amide bonds. The van der Waals surface area contributed by atoms with Crippen molar-refractivity contribution in [2.45, 2.75) is 32.7 Å². The van der Waals surface area contributed by atoms with E-state index >= 15 is 0 Å². The van der Waals surface area contributed by atoms with Gasteiger partial charge in [-0.3, -0.25) is 24.3 Å². The van der Waals surface area contributed by atoms with Crippen molar-refractivity contribution in [3.05, 3.63) is 54.9 Å². The Morgan fingerprint density at radius 3 is 2.90 bits per heavy atom. The molecule has 10 heteroatoms. The number of ether oxygens (including phenoxy) is 1. The number of rotatable bonds is 4. The number of amides is 1. The molecule has 0 unspecified atom stereocenters. The van der Waals surface area contributed by atoms with Crippen molar-refractivity contribution in [3.8, 4) is 5.75 Å². The van der Waals surface area contributed by atoms with E-state index in [1.807, 2.05) is 0 Å². The van der Waals surface area contributed by atoms with Crippen LogP contribution in [0.15, 0.2) is 23.0 Å². The summed E-state index contributed by atoms with van der Waals surface area (Å²) in [6, 6.07) is 3.97. The zero-order valence-electron chi connectivity index (χ0n) is 15.9. The Bertz CT molecular complexity index is 1210. The van der Waals surface area contributed by atoms with E-state index in [0.717, 1.165) is 36.4 Å². The normalized spacial score (nSPS) is 13.2. The largest absolute Gasteiger partial charge is 0.495 e. The molecule has 9 nitrogen and oxygen atoms in total. The van der Waals surface area contributed by atoms with E-state index in [2.05, 4.69) is 10.3 Å². The van der Waals surface area contributed by atoms with Gasteiger partial charge in [0.05, 0.1) is 28.0 Å². The maximum atomic E-state index is 12.9. The Morgan fingerprint density at radius 2 is 2.17 bits per heavy atom. The Hall–Kier alpha value is -3.27. The lowest BCUT2D eigenvalue weighted by molar-refractivity contribution is -0.384. The number of methoxy groups -OCH3 is 1. The van der Waals surface area contributed by atoms with Crippen LogP contribution in [-0.2, 0) is 13.0 Å². The second-order valence-electron chi connectivity index (χ2n) is 6.77. The smallest absolute Gasteiger partial charge is 0.271 e. The minimum Gasteiger partial charge on any atom is -0.495 e. The highest BCUT2D eigenvalue weighted by Crippen LogP contribution is 2.32. The van der Waals surface area contributed by atoms with Crippen molar-refractivity contribution in [1.82, 2.24) is 9.55 Å². The van der Waals surface area contributed by atoms with Gasteiger partial charge in [0.25, 0.3) is 17.2 Å². The average molecular weight is 414 g/mol. The molecule has 0 spiro atoms. The summed E-state index contributed by atoms with van der Waals surface area (Å²) in [5, 5.41) is 14.2. The van der Waals surface area contributed by atoms with Crippen LogP contribution in [0.2, 0.25) is 0 Å². The zero-order valence-corrected chi connectivity index (χ0v) is 16.7. The quantitative estimate of drug-likeness (QED) is 0.517. The van der Waals surface area contributed by atoms with Crippen LogP contribution in [0, 0.1) is 17.0 Å². The second-order valence-corrected chi connectivity index (χ2v) is 7.77. The summed E-state index contributed by atoms with van der Waals surface area (Å²) in [7, 11) is 1.41. The summed E-state index contributed by atoms with van der Waals surface area (Å²) in [4.78, 5) is 41.8. The fourth-order valence-corrected chi connectivity index (χ4v) is 4.62. The summed E-state index contributed by atoms with van der Waals surface area (Å²) in [6.07, 6.45) is 2.67. The van der Waals surface area contributed by atoms with Crippen molar-refractivity contribution in [2.75, 3.05) is 12.4 Å². The predicted molar refractivity (Wildman–Crippen MR) is 109 cm³/mol. The van der Waals surface area contributed by atoms with Crippen LogP contribution in [0.4, 0.5) is 11.4 Å². The Morgan fingerprint density at radius 1 is 1.38 bits per heavy atom. The number of nitrogens with zero attached hydrogens (tertiary/aromatic N) is 3. The molecule has 1 aromatic carbocycles. The number of hydrogen-bond donors (Lipinski definition) is 1. The van der Waals surface area contributed by atoms with Gasteiger partial charge in [0.1, 0.15) is 16.4 Å². The van der Waals surface area contributed by atoms with Gasteiger partial charge in [0.2, 0.25) is 0 Å². The van der Waals surface area contributed by atoms with Gasteiger partial charge in [0, 0.05) is 25.1 Å². The third-order valence-corrected chi connectivity index (χ3v) is 6.19. The average Bonchev–Trinajstić information content (AvgIpc) is 3.04. The number of carbonyl (C=O) groups excluding carboxylic acids is 1. The summed E-state index contributed by atoms with van der Waals surface area (Å²) in [5.74, 6) is 0.588. The first-order valence-electron chi connectivity index (χ1n) is 9.07. The number of fused-ring (bicyclic) bond motifs is 2. The molecule has 0 saturated carbocycles. The van der Waals surface area contributed by atoms with Gasteiger partial charge in [0.15, 0.2) is 0 Å². The first-order valence-corrected chi connectivity index (χ1v) is 9.89. The van der Waals surface area contributed by atoms with Gasteiger partial charge in [-0.1, -0.05) is 0 Å². The second kappa shape index (κ2) is 7.28. The third kappa shape index (κ3) is 3.25. The monoisotopic (exact) mass is 414 g/mol. The number of carbonyl (C=O) groups is 1. The fourth-order valence-electron chi connectivity index (χ4n) is 3.54. The van der Waals surface area contributed by atoms with Crippen molar-refractivity contribution in [1.29, 1.82) is 0 Å². The number of nitro benzene ring substituents is 1. The van der Waals surface area contributed by atoms with Crippen LogP contribution in [0.5, 0.6) is 5.75 Å². The van der Waals surface area contributed by atoms with Gasteiger partial charge in [-0.05, 0) is 31.4 Å². The number of hydrogen-bond acceptors (Lipinski definition) is 7. The highest BCUT2D eigenvalue weighted by Gasteiger charge is 2.23. The number of non-ortho nitro benzene ring substituents is 1. The van der Waals surface area contributed by atoms with Crippen LogP contribution in [0.25, 0.3) is 10.2 Å². The summed E-state index contributed by atoms with van der Waals surface area (Å²) < 4.78 is 6.88. The molecule has 1 N–H and O–H groups in total. The van der Waals surface area contributed by atoms with Gasteiger partial charge >= 0.3 is 0 Å². The highest BCUT2D eigenvalue weighted by molar-refractivity contribution is 7.20. The lowest BCUT2D eigenvalue weighted by Crippen LogP contribution is -2.28. The van der Waals surface area contributed by atoms with Crippen LogP contribution in [0.3, 0.4) is 0 Å². The molecule has 0 bridgehead atoms. The van der Waals surface area contributed by atoms with E-state index in [9.17, 15) is 19.7 Å². The van der Waals surface area contributed by atoms with Crippen LogP contribution >= 0.6 is 11.3 Å². The van der Waals surface area contributed by atoms with E-state index in [4.69, 9.17) is 4.74 Å². The highest BCUT2D eigenvalue weighted by atomic mass is 32.1. The van der Waals surface area contributed by atoms with E-state index in [-0.39, 0.29) is 16.9 Å². The number of nitrogens with one attached hydrogen (secondary N) is 1. The number of aromatic nitrogens is 2. The van der Waals surface area contributed by atoms with Crippen LogP contribution in [0.1, 0.15) is 33.9 Å². The van der Waals surface area contributed by atoms with E-state index in [1.165, 1.54) is 25.3 Å². The molecular formula is C19H18N4O5S. The molecule has 4 rings (SSSR count). The molecule has 3 heterocycles. The Kier molecular flexibility index (Phi) is 4.79.